The second-order valence-corrected chi connectivity index (χ2v) is 5.56. The zero-order valence-electron chi connectivity index (χ0n) is 8.44. The minimum absolute atomic E-state index is 0.300. The van der Waals surface area contributed by atoms with Crippen LogP contribution in [-0.4, -0.2) is 18.2 Å². The Hall–Kier alpha value is -0.510. The lowest BCUT2D eigenvalue weighted by atomic mass is 10.3. The minimum Gasteiger partial charge on any atom is -0.494 e. The molecule has 84 valence electrons. The van der Waals surface area contributed by atoms with Gasteiger partial charge in [0.05, 0.1) is 11.1 Å². The summed E-state index contributed by atoms with van der Waals surface area (Å²) in [4.78, 5) is 9.09. The Labute approximate surface area is 96.9 Å². The highest BCUT2D eigenvalue weighted by Crippen LogP contribution is 2.42. The molecule has 0 heterocycles. The van der Waals surface area contributed by atoms with Crippen molar-refractivity contribution in [1.29, 1.82) is 0 Å². The van der Waals surface area contributed by atoms with Gasteiger partial charge in [0, 0.05) is 12.7 Å². The number of hydrogen-bond acceptors (Lipinski definition) is 3. The highest BCUT2D eigenvalue weighted by atomic mass is 79.9. The van der Waals surface area contributed by atoms with Crippen LogP contribution in [0.4, 0.5) is 0 Å². The third-order valence-corrected chi connectivity index (χ3v) is 2.67. The van der Waals surface area contributed by atoms with E-state index in [0.717, 1.165) is 6.66 Å². The Morgan fingerprint density at radius 1 is 1.53 bits per heavy atom. The first-order valence-electron chi connectivity index (χ1n) is 4.34. The van der Waals surface area contributed by atoms with Gasteiger partial charge >= 0.3 is 7.60 Å². The fourth-order valence-electron chi connectivity index (χ4n) is 0.993. The lowest BCUT2D eigenvalue weighted by molar-refractivity contribution is 0.337. The highest BCUT2D eigenvalue weighted by Gasteiger charge is 2.14. The molecule has 1 rings (SSSR count). The van der Waals surface area contributed by atoms with Gasteiger partial charge in [0.15, 0.2) is 0 Å². The van der Waals surface area contributed by atoms with Gasteiger partial charge in [-0.05, 0) is 35.0 Å². The van der Waals surface area contributed by atoms with E-state index in [0.29, 0.717) is 22.6 Å². The molecule has 1 aromatic rings. The predicted molar refractivity (Wildman–Crippen MR) is 61.7 cm³/mol. The van der Waals surface area contributed by atoms with Crippen LogP contribution in [0.5, 0.6) is 11.5 Å². The zero-order valence-corrected chi connectivity index (χ0v) is 10.9. The van der Waals surface area contributed by atoms with Crippen molar-refractivity contribution in [3.63, 3.8) is 0 Å². The molecule has 0 amide bonds. The van der Waals surface area contributed by atoms with Crippen LogP contribution in [0.15, 0.2) is 22.7 Å². The molecule has 1 atom stereocenters. The molecule has 0 radical (unpaired) electrons. The molecule has 0 aliphatic rings. The molecule has 0 saturated heterocycles. The Bertz CT molecular complexity index is 388. The summed E-state index contributed by atoms with van der Waals surface area (Å²) in [6.07, 6.45) is 0. The molecular weight excluding hydrogens is 283 g/mol. The first-order chi connectivity index (χ1) is 6.92. The van der Waals surface area contributed by atoms with Crippen molar-refractivity contribution in [2.45, 2.75) is 6.92 Å². The van der Waals surface area contributed by atoms with Crippen LogP contribution in [-0.2, 0) is 4.57 Å². The van der Waals surface area contributed by atoms with E-state index in [1.165, 1.54) is 0 Å². The lowest BCUT2D eigenvalue weighted by Crippen LogP contribution is -1.94. The van der Waals surface area contributed by atoms with Crippen LogP contribution in [0.1, 0.15) is 6.92 Å². The van der Waals surface area contributed by atoms with Crippen molar-refractivity contribution in [3.05, 3.63) is 22.7 Å². The van der Waals surface area contributed by atoms with Gasteiger partial charge in [0.2, 0.25) is 0 Å². The summed E-state index contributed by atoms with van der Waals surface area (Å²) >= 11 is 3.22. The number of benzene rings is 1. The first kappa shape index (κ1) is 12.6. The normalized spacial score (nSPS) is 14.4. The van der Waals surface area contributed by atoms with E-state index in [-0.39, 0.29) is 0 Å². The van der Waals surface area contributed by atoms with Gasteiger partial charge in [-0.2, -0.15) is 0 Å². The number of ether oxygens (including phenoxy) is 1. The number of halogens is 1. The number of rotatable bonds is 4. The highest BCUT2D eigenvalue weighted by molar-refractivity contribution is 9.10. The lowest BCUT2D eigenvalue weighted by Gasteiger charge is -2.11. The van der Waals surface area contributed by atoms with Crippen molar-refractivity contribution < 1.29 is 18.7 Å². The molecule has 4 nitrogen and oxygen atoms in total. The molecule has 0 spiro atoms. The maximum absolute atomic E-state index is 11.1. The van der Waals surface area contributed by atoms with Gasteiger partial charge in [-0.15, -0.1) is 0 Å². The third-order valence-electron chi connectivity index (χ3n) is 1.48. The third kappa shape index (κ3) is 4.24. The average Bonchev–Trinajstić information content (AvgIpc) is 2.09. The van der Waals surface area contributed by atoms with Gasteiger partial charge in [0.1, 0.15) is 11.5 Å². The summed E-state index contributed by atoms with van der Waals surface area (Å²) in [5.74, 6) is 0.901. The van der Waals surface area contributed by atoms with Crippen LogP contribution in [0.25, 0.3) is 0 Å². The Morgan fingerprint density at radius 3 is 2.73 bits per heavy atom. The second kappa shape index (κ2) is 5.01. The molecule has 6 heteroatoms. The van der Waals surface area contributed by atoms with Crippen molar-refractivity contribution in [2.75, 3.05) is 13.3 Å². The largest absolute Gasteiger partial charge is 0.494 e. The van der Waals surface area contributed by atoms with Crippen LogP contribution in [0.2, 0.25) is 0 Å². The van der Waals surface area contributed by atoms with Crippen molar-refractivity contribution in [3.8, 4) is 11.5 Å². The first-order valence-corrected chi connectivity index (χ1v) is 7.16. The molecule has 0 saturated carbocycles. The van der Waals surface area contributed by atoms with E-state index < -0.39 is 7.60 Å². The summed E-state index contributed by atoms with van der Waals surface area (Å²) in [5, 5.41) is 0. The molecular formula is C9H12BrO4P. The molecule has 1 N–H and O–H groups in total. The molecule has 0 bridgehead atoms. The molecule has 0 aromatic heterocycles. The standard InChI is InChI=1S/C9H12BrO4P/c1-3-13-7-4-5-8(10)9(6-7)14-15(2,11)12/h4-6H,3H2,1-2H3,(H,11,12). The fourth-order valence-corrected chi connectivity index (χ4v) is 1.96. The second-order valence-electron chi connectivity index (χ2n) is 2.92. The fraction of sp³-hybridized carbons (Fsp3) is 0.333. The topological polar surface area (TPSA) is 55.8 Å². The van der Waals surface area contributed by atoms with E-state index in [1.807, 2.05) is 6.92 Å². The maximum Gasteiger partial charge on any atom is 0.373 e. The summed E-state index contributed by atoms with van der Waals surface area (Å²) in [5.41, 5.74) is 0. The molecule has 0 aliphatic carbocycles. The van der Waals surface area contributed by atoms with Crippen LogP contribution >= 0.6 is 23.5 Å². The van der Waals surface area contributed by atoms with E-state index in [9.17, 15) is 4.57 Å². The Morgan fingerprint density at radius 2 is 2.20 bits per heavy atom. The van der Waals surface area contributed by atoms with E-state index in [1.54, 1.807) is 18.2 Å². The Balaban J connectivity index is 2.95. The summed E-state index contributed by atoms with van der Waals surface area (Å²) in [6, 6.07) is 5.02. The van der Waals surface area contributed by atoms with E-state index in [4.69, 9.17) is 14.2 Å². The molecule has 15 heavy (non-hydrogen) atoms. The van der Waals surface area contributed by atoms with E-state index >= 15 is 0 Å². The van der Waals surface area contributed by atoms with Crippen molar-refractivity contribution >= 4 is 23.5 Å². The van der Waals surface area contributed by atoms with Gasteiger partial charge in [-0.3, -0.25) is 0 Å². The van der Waals surface area contributed by atoms with Crippen LogP contribution < -0.4 is 9.26 Å². The summed E-state index contributed by atoms with van der Waals surface area (Å²) < 4.78 is 21.8. The molecule has 1 aromatic carbocycles. The molecule has 1 unspecified atom stereocenters. The summed E-state index contributed by atoms with van der Waals surface area (Å²) in [7, 11) is -3.54. The van der Waals surface area contributed by atoms with Crippen molar-refractivity contribution in [1.82, 2.24) is 0 Å². The van der Waals surface area contributed by atoms with Gasteiger partial charge < -0.3 is 14.2 Å². The number of hydrogen-bond donors (Lipinski definition) is 1. The zero-order chi connectivity index (χ0) is 11.5. The smallest absolute Gasteiger partial charge is 0.373 e. The summed E-state index contributed by atoms with van der Waals surface area (Å²) in [6.45, 7) is 3.52. The van der Waals surface area contributed by atoms with Gasteiger partial charge in [-0.1, -0.05) is 0 Å². The molecule has 0 fully saturated rings. The molecule has 0 aliphatic heterocycles. The van der Waals surface area contributed by atoms with Crippen LogP contribution in [0, 0.1) is 0 Å². The minimum atomic E-state index is -3.54. The average molecular weight is 295 g/mol. The monoisotopic (exact) mass is 294 g/mol. The van der Waals surface area contributed by atoms with Crippen LogP contribution in [0.3, 0.4) is 0 Å². The van der Waals surface area contributed by atoms with Gasteiger partial charge in [0.25, 0.3) is 0 Å². The maximum atomic E-state index is 11.1. The predicted octanol–water partition coefficient (Wildman–Crippen LogP) is 3.04. The van der Waals surface area contributed by atoms with Crippen molar-refractivity contribution in [2.24, 2.45) is 0 Å². The quantitative estimate of drug-likeness (QED) is 0.867. The van der Waals surface area contributed by atoms with E-state index in [2.05, 4.69) is 15.9 Å². The SMILES string of the molecule is CCOc1ccc(Br)c(OP(C)(=O)O)c1. The van der Waals surface area contributed by atoms with Gasteiger partial charge in [-0.25, -0.2) is 4.57 Å². The Kier molecular flexibility index (Phi) is 4.20.